The van der Waals surface area contributed by atoms with Gasteiger partial charge < -0.3 is 24.8 Å². The molecule has 0 spiro atoms. The zero-order valence-electron chi connectivity index (χ0n) is 12.2. The number of aliphatic hydroxyl groups is 1. The molecule has 0 saturated carbocycles. The molecule has 1 rings (SSSR count). The van der Waals surface area contributed by atoms with Crippen molar-refractivity contribution in [3.05, 3.63) is 29.3 Å². The first-order chi connectivity index (χ1) is 9.24. The molecule has 0 fully saturated rings. The highest BCUT2D eigenvalue weighted by Gasteiger charge is 2.00. The van der Waals surface area contributed by atoms with Crippen molar-refractivity contribution in [1.29, 1.82) is 0 Å². The van der Waals surface area contributed by atoms with Crippen molar-refractivity contribution in [3.8, 4) is 11.8 Å². The number of carbonyl (C=O) groups is 1. The van der Waals surface area contributed by atoms with Gasteiger partial charge in [0.1, 0.15) is 19.2 Å². The predicted molar refractivity (Wildman–Crippen MR) is 85.5 cm³/mol. The van der Waals surface area contributed by atoms with Crippen LogP contribution in [0.2, 0.25) is 5.02 Å². The van der Waals surface area contributed by atoms with E-state index in [-0.39, 0.29) is 19.0 Å². The van der Waals surface area contributed by atoms with Gasteiger partial charge in [0.05, 0.1) is 21.1 Å². The molecular weight excluding hydrogens is 315 g/mol. The van der Waals surface area contributed by atoms with Gasteiger partial charge in [-0.2, -0.15) is 0 Å². The highest BCUT2D eigenvalue weighted by atomic mass is 35.5. The van der Waals surface area contributed by atoms with Crippen molar-refractivity contribution in [2.75, 3.05) is 39.6 Å². The fourth-order valence-corrected chi connectivity index (χ4v) is 1.22. The van der Waals surface area contributed by atoms with Gasteiger partial charge in [-0.25, -0.2) is 0 Å². The lowest BCUT2D eigenvalue weighted by Gasteiger charge is -2.19. The first-order valence-electron chi connectivity index (χ1n) is 5.85. The van der Waals surface area contributed by atoms with Gasteiger partial charge in [-0.3, -0.25) is 0 Å². The van der Waals surface area contributed by atoms with Crippen LogP contribution in [-0.2, 0) is 0 Å². The minimum atomic E-state index is -1.34. The second-order valence-electron chi connectivity index (χ2n) is 4.88. The summed E-state index contributed by atoms with van der Waals surface area (Å²) < 4.78 is 0.826. The average molecular weight is 335 g/mol. The molecule has 1 amide bonds. The van der Waals surface area contributed by atoms with E-state index in [1.165, 1.54) is 6.07 Å². The first-order valence-corrected chi connectivity index (χ1v) is 6.23. The van der Waals surface area contributed by atoms with E-state index in [4.69, 9.17) is 16.7 Å². The summed E-state index contributed by atoms with van der Waals surface area (Å²) in [6.45, 7) is 0.764. The molecule has 0 radical (unpaired) electrons. The Labute approximate surface area is 136 Å². The number of rotatable bonds is 2. The van der Waals surface area contributed by atoms with E-state index in [9.17, 15) is 9.90 Å². The molecule has 0 aromatic heterocycles. The normalized spacial score (nSPS) is 9.19. The van der Waals surface area contributed by atoms with Crippen LogP contribution in [0.25, 0.3) is 0 Å². The Morgan fingerprint density at radius 3 is 2.43 bits per heavy atom. The molecule has 0 heterocycles. The monoisotopic (exact) mass is 334 g/mol. The van der Waals surface area contributed by atoms with Crippen LogP contribution in [0.1, 0.15) is 0 Å². The van der Waals surface area contributed by atoms with Gasteiger partial charge in [0.2, 0.25) is 0 Å². The van der Waals surface area contributed by atoms with Gasteiger partial charge in [0.15, 0.2) is 0 Å². The lowest BCUT2D eigenvalue weighted by Crippen LogP contribution is -2.34. The molecular formula is C14H20Cl2N2O3. The zero-order valence-corrected chi connectivity index (χ0v) is 13.8. The van der Waals surface area contributed by atoms with Crippen LogP contribution >= 0.6 is 24.0 Å². The fourth-order valence-electron chi connectivity index (χ4n) is 1.03. The number of carbonyl (C=O) groups excluding carboxylic acids is 1. The van der Waals surface area contributed by atoms with Crippen molar-refractivity contribution in [1.82, 2.24) is 0 Å². The predicted octanol–water partition coefficient (Wildman–Crippen LogP) is 1.21. The number of nitrogens with one attached hydrogen (secondary N) is 1. The molecule has 1 aromatic carbocycles. The molecule has 5 nitrogen and oxygen atoms in total. The number of halogens is 2. The van der Waals surface area contributed by atoms with E-state index in [2.05, 4.69) is 38.3 Å². The highest BCUT2D eigenvalue weighted by Crippen LogP contribution is 2.14. The smallest absolute Gasteiger partial charge is 0.140 e. The van der Waals surface area contributed by atoms with E-state index >= 15 is 0 Å². The number of nitrogens with zero attached hydrogens (tertiary/aromatic N) is 1. The van der Waals surface area contributed by atoms with E-state index < -0.39 is 6.09 Å². The Morgan fingerprint density at radius 1 is 1.38 bits per heavy atom. The van der Waals surface area contributed by atoms with Crippen molar-refractivity contribution in [2.45, 2.75) is 0 Å². The number of quaternary nitrogens is 1. The summed E-state index contributed by atoms with van der Waals surface area (Å²) in [6.07, 6.45) is -1.34. The van der Waals surface area contributed by atoms with Crippen LogP contribution in [0.3, 0.4) is 0 Å². The number of hydrogen-bond acceptors (Lipinski definition) is 3. The Kier molecular flexibility index (Phi) is 11.7. The summed E-state index contributed by atoms with van der Waals surface area (Å²) in [5.41, 5.74) is 0.414. The summed E-state index contributed by atoms with van der Waals surface area (Å²) in [6, 6.07) is 6.38. The second kappa shape index (κ2) is 11.2. The Bertz CT molecular complexity index is 491. The maximum atomic E-state index is 10.0. The summed E-state index contributed by atoms with van der Waals surface area (Å²) in [5.74, 6) is 5.44. The number of amides is 1. The fraction of sp³-hybridized carbons (Fsp3) is 0.357. The third kappa shape index (κ3) is 14.8. The van der Waals surface area contributed by atoms with Crippen molar-refractivity contribution in [3.63, 3.8) is 0 Å². The van der Waals surface area contributed by atoms with Crippen molar-refractivity contribution < 1.29 is 19.5 Å². The highest BCUT2D eigenvalue weighted by molar-refractivity contribution is 6.30. The number of anilines is 1. The molecule has 0 bridgehead atoms. The molecule has 0 aliphatic heterocycles. The maximum Gasteiger partial charge on any atom is 0.140 e. The van der Waals surface area contributed by atoms with Crippen LogP contribution in [-0.4, -0.2) is 50.0 Å². The number of benzene rings is 1. The molecule has 0 aliphatic rings. The average Bonchev–Trinajstić information content (AvgIpc) is 2.27. The third-order valence-electron chi connectivity index (χ3n) is 1.83. The number of aliphatic hydroxyl groups excluding tert-OH is 1. The number of hydrogen-bond donors (Lipinski definition) is 2. The molecule has 7 heteroatoms. The quantitative estimate of drug-likeness (QED) is 0.630. The van der Waals surface area contributed by atoms with Crippen LogP contribution in [0.15, 0.2) is 24.3 Å². The van der Waals surface area contributed by atoms with Crippen LogP contribution < -0.4 is 10.4 Å². The maximum absolute atomic E-state index is 10.0. The molecule has 0 atom stereocenters. The minimum absolute atomic E-state index is 0. The molecule has 1 aromatic rings. The van der Waals surface area contributed by atoms with Crippen LogP contribution in [0.5, 0.6) is 0 Å². The van der Waals surface area contributed by atoms with E-state index in [1.807, 2.05) is 0 Å². The SMILES string of the molecule is C[N+](C)(C)CC#CCO.Cl.O=C([O-])Nc1cccc(Cl)c1. The first kappa shape index (κ1) is 21.8. The third-order valence-corrected chi connectivity index (χ3v) is 2.06. The van der Waals surface area contributed by atoms with Crippen molar-refractivity contribution >= 4 is 35.8 Å². The van der Waals surface area contributed by atoms with Crippen LogP contribution in [0.4, 0.5) is 10.5 Å². The van der Waals surface area contributed by atoms with Gasteiger partial charge in [0.25, 0.3) is 0 Å². The van der Waals surface area contributed by atoms with Crippen LogP contribution in [0, 0.1) is 11.8 Å². The number of carboxylic acid groups (broad SMARTS) is 1. The standard InChI is InChI=1S/C7H6ClNO2.C7H14NO.ClH/c8-5-2-1-3-6(4-5)9-7(10)11;1-8(2,3)6-4-5-7-9;/h1-4,9H,(H,10,11);9H,6-7H2,1-3H3;1H/q;+1;/p-1. The summed E-state index contributed by atoms with van der Waals surface area (Å²) >= 11 is 5.57. The Balaban J connectivity index is 0. The van der Waals surface area contributed by atoms with Gasteiger partial charge >= 0.3 is 0 Å². The van der Waals surface area contributed by atoms with Gasteiger partial charge in [0, 0.05) is 10.7 Å². The Hall–Kier alpha value is -1.45. The topological polar surface area (TPSA) is 72.4 Å². The minimum Gasteiger partial charge on any atom is -0.530 e. The molecule has 2 N–H and O–H groups in total. The lowest BCUT2D eigenvalue weighted by molar-refractivity contribution is -0.862. The summed E-state index contributed by atoms with van der Waals surface area (Å²) in [4.78, 5) is 10.0. The summed E-state index contributed by atoms with van der Waals surface area (Å²) in [7, 11) is 6.18. The molecule has 0 aliphatic carbocycles. The molecule has 21 heavy (non-hydrogen) atoms. The van der Waals surface area contributed by atoms with Crippen molar-refractivity contribution in [2.24, 2.45) is 0 Å². The van der Waals surface area contributed by atoms with Gasteiger partial charge in [-0.1, -0.05) is 23.6 Å². The largest absolute Gasteiger partial charge is 0.530 e. The lowest BCUT2D eigenvalue weighted by atomic mass is 10.3. The van der Waals surface area contributed by atoms with Gasteiger partial charge in [-0.15, -0.1) is 12.4 Å². The second-order valence-corrected chi connectivity index (χ2v) is 5.32. The molecule has 0 unspecified atom stereocenters. The van der Waals surface area contributed by atoms with E-state index in [0.29, 0.717) is 10.7 Å². The van der Waals surface area contributed by atoms with Gasteiger partial charge in [-0.05, 0) is 24.1 Å². The van der Waals surface area contributed by atoms with E-state index in [0.717, 1.165) is 11.0 Å². The molecule has 0 saturated heterocycles. The Morgan fingerprint density at radius 2 is 2.00 bits per heavy atom. The zero-order chi connectivity index (χ0) is 15.6. The summed E-state index contributed by atoms with van der Waals surface area (Å²) in [5, 5.41) is 20.8. The van der Waals surface area contributed by atoms with E-state index in [1.54, 1.807) is 18.2 Å². The molecule has 118 valence electrons.